The van der Waals surface area contributed by atoms with Crippen LogP contribution in [0.3, 0.4) is 0 Å². The largest absolute Gasteiger partial charge is 0.482 e. The van der Waals surface area contributed by atoms with Gasteiger partial charge in [0.1, 0.15) is 10.6 Å². The highest BCUT2D eigenvalue weighted by atomic mass is 32.1. The lowest BCUT2D eigenvalue weighted by atomic mass is 10.1. The highest BCUT2D eigenvalue weighted by molar-refractivity contribution is 7.12. The minimum Gasteiger partial charge on any atom is -0.482 e. The SMILES string of the molecule is Nc1ccc2c(c1)OCC(=O)N2.O=C(O)c1cc(-c2ccccc2)cs1. The lowest BCUT2D eigenvalue weighted by molar-refractivity contribution is -0.118. The molecule has 1 aliphatic heterocycles. The van der Waals surface area contributed by atoms with Gasteiger partial charge in [-0.25, -0.2) is 4.79 Å². The van der Waals surface area contributed by atoms with Gasteiger partial charge in [0.25, 0.3) is 5.91 Å². The van der Waals surface area contributed by atoms with Gasteiger partial charge < -0.3 is 20.9 Å². The molecule has 0 unspecified atom stereocenters. The van der Waals surface area contributed by atoms with E-state index in [1.807, 2.05) is 35.7 Å². The molecule has 3 aromatic rings. The fraction of sp³-hybridized carbons (Fsp3) is 0.0526. The number of amides is 1. The molecule has 0 radical (unpaired) electrons. The molecule has 0 aliphatic carbocycles. The van der Waals surface area contributed by atoms with Crippen LogP contribution in [0.25, 0.3) is 11.1 Å². The van der Waals surface area contributed by atoms with Crippen molar-refractivity contribution in [2.75, 3.05) is 17.7 Å². The molecule has 0 fully saturated rings. The van der Waals surface area contributed by atoms with E-state index in [0.29, 0.717) is 22.0 Å². The summed E-state index contributed by atoms with van der Waals surface area (Å²) in [5.41, 5.74) is 8.85. The quantitative estimate of drug-likeness (QED) is 0.599. The Labute approximate surface area is 153 Å². The summed E-state index contributed by atoms with van der Waals surface area (Å²) in [6.07, 6.45) is 0. The topological polar surface area (TPSA) is 102 Å². The van der Waals surface area contributed by atoms with E-state index in [-0.39, 0.29) is 12.5 Å². The third-order valence-electron chi connectivity index (χ3n) is 3.56. The summed E-state index contributed by atoms with van der Waals surface area (Å²) in [5, 5.41) is 13.3. The molecule has 0 bridgehead atoms. The number of carbonyl (C=O) groups is 2. The number of carbonyl (C=O) groups excluding carboxylic acids is 1. The standard InChI is InChI=1S/C11H8O2S.C8H8N2O2/c12-11(13)10-6-9(7-14-10)8-4-2-1-3-5-8;9-5-1-2-6-7(3-5)12-4-8(11)10-6/h1-7H,(H,12,13);1-3H,4,9H2,(H,10,11). The Bertz CT molecular complexity index is 938. The first-order valence-electron chi connectivity index (χ1n) is 7.72. The van der Waals surface area contributed by atoms with Crippen LogP contribution in [0.2, 0.25) is 0 Å². The molecule has 132 valence electrons. The Morgan fingerprint density at radius 2 is 1.88 bits per heavy atom. The van der Waals surface area contributed by atoms with Gasteiger partial charge in [-0.1, -0.05) is 30.3 Å². The van der Waals surface area contributed by atoms with Gasteiger partial charge in [0, 0.05) is 11.8 Å². The fourth-order valence-electron chi connectivity index (χ4n) is 2.32. The molecule has 4 rings (SSSR count). The van der Waals surface area contributed by atoms with Crippen LogP contribution in [-0.2, 0) is 4.79 Å². The number of nitrogens with two attached hydrogens (primary N) is 1. The number of benzene rings is 2. The van der Waals surface area contributed by atoms with E-state index in [2.05, 4.69) is 5.32 Å². The maximum atomic E-state index is 10.8. The summed E-state index contributed by atoms with van der Waals surface area (Å²) < 4.78 is 5.12. The Kier molecular flexibility index (Phi) is 5.19. The Morgan fingerprint density at radius 1 is 1.12 bits per heavy atom. The molecule has 2 aromatic carbocycles. The van der Waals surface area contributed by atoms with Crippen LogP contribution >= 0.6 is 11.3 Å². The van der Waals surface area contributed by atoms with Gasteiger partial charge in [-0.2, -0.15) is 0 Å². The van der Waals surface area contributed by atoms with Crippen molar-refractivity contribution in [3.05, 3.63) is 64.9 Å². The zero-order valence-corrected chi connectivity index (χ0v) is 14.5. The van der Waals surface area contributed by atoms with E-state index in [4.69, 9.17) is 15.6 Å². The molecular formula is C19H16N2O4S. The van der Waals surface area contributed by atoms with Gasteiger partial charge in [-0.15, -0.1) is 11.3 Å². The number of hydrogen-bond donors (Lipinski definition) is 3. The molecule has 6 nitrogen and oxygen atoms in total. The number of nitrogens with one attached hydrogen (secondary N) is 1. The number of nitrogen functional groups attached to an aromatic ring is 1. The van der Waals surface area contributed by atoms with E-state index in [1.165, 1.54) is 11.3 Å². The van der Waals surface area contributed by atoms with Crippen molar-refractivity contribution in [3.8, 4) is 16.9 Å². The minimum atomic E-state index is -0.864. The lowest BCUT2D eigenvalue weighted by Crippen LogP contribution is -2.25. The molecule has 7 heteroatoms. The molecule has 26 heavy (non-hydrogen) atoms. The average Bonchev–Trinajstić information content (AvgIpc) is 3.14. The first kappa shape index (κ1) is 17.5. The van der Waals surface area contributed by atoms with Gasteiger partial charge in [0.15, 0.2) is 6.61 Å². The van der Waals surface area contributed by atoms with E-state index in [0.717, 1.165) is 11.1 Å². The first-order valence-corrected chi connectivity index (χ1v) is 8.60. The number of carboxylic acid groups (broad SMARTS) is 1. The van der Waals surface area contributed by atoms with Crippen LogP contribution in [-0.4, -0.2) is 23.6 Å². The highest BCUT2D eigenvalue weighted by Crippen LogP contribution is 2.29. The monoisotopic (exact) mass is 368 g/mol. The zero-order chi connectivity index (χ0) is 18.5. The van der Waals surface area contributed by atoms with Gasteiger partial charge in [-0.3, -0.25) is 4.79 Å². The number of anilines is 2. The van der Waals surface area contributed by atoms with Crippen LogP contribution in [0.1, 0.15) is 9.67 Å². The van der Waals surface area contributed by atoms with Crippen molar-refractivity contribution in [2.24, 2.45) is 0 Å². The number of rotatable bonds is 2. The number of thiophene rings is 1. The van der Waals surface area contributed by atoms with Crippen molar-refractivity contribution in [2.45, 2.75) is 0 Å². The second kappa shape index (κ2) is 7.71. The van der Waals surface area contributed by atoms with Crippen LogP contribution in [0, 0.1) is 0 Å². The molecule has 2 heterocycles. The van der Waals surface area contributed by atoms with E-state index in [1.54, 1.807) is 24.3 Å². The fourth-order valence-corrected chi connectivity index (χ4v) is 3.08. The van der Waals surface area contributed by atoms with Gasteiger partial charge in [-0.05, 0) is 34.7 Å². The summed E-state index contributed by atoms with van der Waals surface area (Å²) in [7, 11) is 0. The summed E-state index contributed by atoms with van der Waals surface area (Å²) >= 11 is 1.25. The second-order valence-corrected chi connectivity index (χ2v) is 6.37. The number of carboxylic acids is 1. The molecule has 1 amide bonds. The average molecular weight is 368 g/mol. The van der Waals surface area contributed by atoms with Gasteiger partial charge in [0.2, 0.25) is 0 Å². The van der Waals surface area contributed by atoms with E-state index >= 15 is 0 Å². The highest BCUT2D eigenvalue weighted by Gasteiger charge is 2.14. The van der Waals surface area contributed by atoms with Crippen LogP contribution in [0.15, 0.2) is 60.0 Å². The molecule has 0 spiro atoms. The van der Waals surface area contributed by atoms with Crippen LogP contribution < -0.4 is 15.8 Å². The Hall–Kier alpha value is -3.32. The van der Waals surface area contributed by atoms with Crippen molar-refractivity contribution >= 4 is 34.6 Å². The van der Waals surface area contributed by atoms with Crippen LogP contribution in [0.5, 0.6) is 5.75 Å². The molecule has 0 saturated heterocycles. The molecule has 1 aromatic heterocycles. The Balaban J connectivity index is 0.000000152. The lowest BCUT2D eigenvalue weighted by Gasteiger charge is -2.17. The third kappa shape index (κ3) is 4.20. The predicted molar refractivity (Wildman–Crippen MR) is 102 cm³/mol. The van der Waals surface area contributed by atoms with Gasteiger partial charge >= 0.3 is 5.97 Å². The third-order valence-corrected chi connectivity index (χ3v) is 4.47. The van der Waals surface area contributed by atoms with Gasteiger partial charge in [0.05, 0.1) is 5.69 Å². The summed E-state index contributed by atoms with van der Waals surface area (Å²) in [6.45, 7) is 0.0659. The van der Waals surface area contributed by atoms with Crippen molar-refractivity contribution in [1.29, 1.82) is 0 Å². The number of fused-ring (bicyclic) bond motifs is 1. The smallest absolute Gasteiger partial charge is 0.345 e. The van der Waals surface area contributed by atoms with E-state index in [9.17, 15) is 9.59 Å². The summed E-state index contributed by atoms with van der Waals surface area (Å²) in [5.74, 6) is -0.362. The zero-order valence-electron chi connectivity index (χ0n) is 13.6. The van der Waals surface area contributed by atoms with Crippen molar-refractivity contribution < 1.29 is 19.4 Å². The normalized spacial score (nSPS) is 12.1. The molecule has 0 saturated carbocycles. The molecular weight excluding hydrogens is 352 g/mol. The Morgan fingerprint density at radius 3 is 2.58 bits per heavy atom. The number of aromatic carboxylic acids is 1. The van der Waals surface area contributed by atoms with Crippen LogP contribution in [0.4, 0.5) is 11.4 Å². The predicted octanol–water partition coefficient (Wildman–Crippen LogP) is 3.71. The minimum absolute atomic E-state index is 0.0659. The number of ether oxygens (including phenoxy) is 1. The summed E-state index contributed by atoms with van der Waals surface area (Å²) in [4.78, 5) is 21.9. The maximum Gasteiger partial charge on any atom is 0.345 e. The molecule has 0 atom stereocenters. The maximum absolute atomic E-state index is 10.8. The second-order valence-electron chi connectivity index (χ2n) is 5.46. The van der Waals surface area contributed by atoms with Crippen molar-refractivity contribution in [1.82, 2.24) is 0 Å². The summed E-state index contributed by atoms with van der Waals surface area (Å²) in [6, 6.07) is 16.6. The molecule has 1 aliphatic rings. The van der Waals surface area contributed by atoms with Crippen molar-refractivity contribution in [3.63, 3.8) is 0 Å². The first-order chi connectivity index (χ1) is 12.5. The van der Waals surface area contributed by atoms with E-state index < -0.39 is 5.97 Å². The molecule has 4 N–H and O–H groups in total. The number of hydrogen-bond acceptors (Lipinski definition) is 5.